The third-order valence-electron chi connectivity index (χ3n) is 0. The fourth-order valence-electron chi connectivity index (χ4n) is 0. The smallest absolute Gasteiger partial charge is 0.174 e. The lowest BCUT2D eigenvalue weighted by Gasteiger charge is -1.65. The van der Waals surface area contributed by atoms with Gasteiger partial charge in [0.15, 0.2) is 0 Å². The van der Waals surface area contributed by atoms with E-state index in [0.717, 1.165) is 0 Å². The van der Waals surface area contributed by atoms with Crippen LogP contribution in [0.2, 0.25) is 0 Å². The van der Waals surface area contributed by atoms with Gasteiger partial charge in [-0.2, -0.15) is 13.2 Å². The van der Waals surface area contributed by atoms with E-state index in [0.29, 0.717) is 0 Å². The Bertz CT molecular complexity index is 22.4. The average Bonchev–Trinajstić information content (AvgIpc) is 0.722. The molecule has 0 saturated heterocycles. The van der Waals surface area contributed by atoms with Crippen LogP contribution in [0.3, 0.4) is 0 Å². The average molecular weight is 72.0 g/mol. The van der Waals surface area contributed by atoms with Crippen LogP contribution >= 0.6 is 0 Å². The summed E-state index contributed by atoms with van der Waals surface area (Å²) in [6, 6.07) is 0. The zero-order chi connectivity index (χ0) is 4.50. The second-order valence-corrected chi connectivity index (χ2v) is 0.214. The summed E-state index contributed by atoms with van der Waals surface area (Å²) in [5, 5.41) is 0. The van der Waals surface area contributed by atoms with Crippen molar-refractivity contribution >= 4 is 0 Å². The Morgan fingerprint density at radius 1 is 1.50 bits per heavy atom. The number of alkyl halides is 3. The Labute approximate surface area is 22.6 Å². The van der Waals surface area contributed by atoms with E-state index in [9.17, 15) is 13.2 Å². The second kappa shape index (κ2) is 1.15. The quantitative estimate of drug-likeness (QED) is 0.403. The third-order valence-corrected chi connectivity index (χ3v) is 0. The van der Waals surface area contributed by atoms with Crippen LogP contribution in [0.4, 0.5) is 13.2 Å². The van der Waals surface area contributed by atoms with Crippen LogP contribution < -0.4 is 0 Å². The Kier molecular flexibility index (Phi) is 0.590. The van der Waals surface area contributed by atoms with Gasteiger partial charge < -0.3 is 0 Å². The SMILES string of the molecule is [3H]C(F)(F)F. The van der Waals surface area contributed by atoms with Crippen molar-refractivity contribution in [2.24, 2.45) is 0 Å². The van der Waals surface area contributed by atoms with Gasteiger partial charge in [-0.25, -0.2) is 0 Å². The minimum Gasteiger partial charge on any atom is -0.174 e. The number of hydrogen-bond donors (Lipinski definition) is 0. The molecule has 0 aromatic heterocycles. The van der Waals surface area contributed by atoms with Crippen molar-refractivity contribution in [3.05, 3.63) is 0 Å². The first-order valence-electron chi connectivity index (χ1n) is 1.07. The van der Waals surface area contributed by atoms with Gasteiger partial charge in [-0.15, -0.1) is 0 Å². The maximum atomic E-state index is 10.0. The highest BCUT2D eigenvalue weighted by atomic mass is 19.4. The van der Waals surface area contributed by atoms with E-state index in [4.69, 9.17) is 1.37 Å². The van der Waals surface area contributed by atoms with Crippen LogP contribution in [-0.4, -0.2) is 6.66 Å². The number of hydrogen-bond acceptors (Lipinski definition) is 0. The normalized spacial score (nSPS) is 15.2. The van der Waals surface area contributed by atoms with Crippen molar-refractivity contribution in [3.8, 4) is 0 Å². The number of halogens is 3. The van der Waals surface area contributed by atoms with Crippen LogP contribution in [0.1, 0.15) is 1.37 Å². The molecule has 0 aliphatic rings. The fraction of sp³-hybridized carbons (Fsp3) is 1.00. The minimum atomic E-state index is -4.75. The van der Waals surface area contributed by atoms with E-state index in [1.54, 1.807) is 0 Å². The molecule has 3 heteroatoms. The zero-order valence-corrected chi connectivity index (χ0v) is 1.63. The predicted molar refractivity (Wildman–Crippen MR) is 7.11 cm³/mol. The molecule has 0 N–H and O–H groups in total. The molecule has 0 aromatic rings. The van der Waals surface area contributed by atoms with E-state index in [1.807, 2.05) is 0 Å². The van der Waals surface area contributed by atoms with Crippen LogP contribution in [0.15, 0.2) is 0 Å². The van der Waals surface area contributed by atoms with Crippen molar-refractivity contribution in [2.45, 2.75) is 6.66 Å². The van der Waals surface area contributed by atoms with E-state index >= 15 is 0 Å². The lowest BCUT2D eigenvalue weighted by atomic mass is 11.6. The van der Waals surface area contributed by atoms with Crippen molar-refractivity contribution in [1.29, 1.82) is 0 Å². The summed E-state index contributed by atoms with van der Waals surface area (Å²) in [5.74, 6) is 0. The molecule has 0 bridgehead atoms. The molecule has 0 heterocycles. The van der Waals surface area contributed by atoms with E-state index in [1.165, 1.54) is 0 Å². The molecule has 0 spiro atoms. The zero-order valence-electron chi connectivity index (χ0n) is 2.63. The predicted octanol–water partition coefficient (Wildman–Crippen LogP) is 1.18. The van der Waals surface area contributed by atoms with Gasteiger partial charge in [0.25, 0.3) is 0 Å². The van der Waals surface area contributed by atoms with Crippen LogP contribution in [0.25, 0.3) is 0 Å². The molecule has 0 unspecified atom stereocenters. The fourth-order valence-corrected chi connectivity index (χ4v) is 0. The summed E-state index contributed by atoms with van der Waals surface area (Å²) in [7, 11) is 0. The highest BCUT2D eigenvalue weighted by molar-refractivity contribution is 3.83. The summed E-state index contributed by atoms with van der Waals surface area (Å²) in [6.07, 6.45) is 0. The molecule has 0 rings (SSSR count). The Balaban J connectivity index is 3.02. The van der Waals surface area contributed by atoms with Gasteiger partial charge in [-0.1, -0.05) is 0 Å². The van der Waals surface area contributed by atoms with Gasteiger partial charge in [0, 0.05) is 0 Å². The molecule has 0 aromatic carbocycles. The Morgan fingerprint density at radius 3 is 1.50 bits per heavy atom. The van der Waals surface area contributed by atoms with Crippen LogP contribution in [-0.2, 0) is 0 Å². The standard InChI is InChI=1S/CHF3/c2-1(3)4/h1H/i1T. The van der Waals surface area contributed by atoms with Crippen molar-refractivity contribution in [3.63, 3.8) is 0 Å². The molecule has 0 aliphatic carbocycles. The van der Waals surface area contributed by atoms with Gasteiger partial charge in [-0.3, -0.25) is 0 Å². The summed E-state index contributed by atoms with van der Waals surface area (Å²) in [5.41, 5.74) is 0. The van der Waals surface area contributed by atoms with Gasteiger partial charge in [-0.05, 0) is 0 Å². The highest BCUT2D eigenvalue weighted by Gasteiger charge is 1.86. The largest absolute Gasteiger partial charge is 0.379 e. The Hall–Kier alpha value is -0.210. The monoisotopic (exact) mass is 72.0 g/mol. The van der Waals surface area contributed by atoms with Crippen LogP contribution in [0, 0.1) is 0 Å². The first kappa shape index (κ1) is 2.05. The summed E-state index contributed by atoms with van der Waals surface area (Å²) in [4.78, 5) is 0. The van der Waals surface area contributed by atoms with Gasteiger partial charge in [0.2, 0.25) is 0 Å². The van der Waals surface area contributed by atoms with Crippen LogP contribution in [0.5, 0.6) is 0 Å². The van der Waals surface area contributed by atoms with E-state index < -0.39 is 6.66 Å². The molecule has 0 saturated carbocycles. The molecule has 0 nitrogen and oxygen atoms in total. The molecule has 0 radical (unpaired) electrons. The lowest BCUT2D eigenvalue weighted by molar-refractivity contribution is 0.00820. The van der Waals surface area contributed by atoms with Crippen molar-refractivity contribution in [1.82, 2.24) is 0 Å². The summed E-state index contributed by atoms with van der Waals surface area (Å²) >= 11 is 0. The molecule has 0 fully saturated rings. The third kappa shape index (κ3) is 25.3. The lowest BCUT2D eigenvalue weighted by Crippen LogP contribution is -1.65. The van der Waals surface area contributed by atoms with E-state index in [2.05, 4.69) is 0 Å². The van der Waals surface area contributed by atoms with Gasteiger partial charge >= 0.3 is 6.66 Å². The topological polar surface area (TPSA) is 0 Å². The first-order chi connectivity index (χ1) is 2.00. The van der Waals surface area contributed by atoms with E-state index in [-0.39, 0.29) is 0 Å². The Morgan fingerprint density at radius 2 is 1.50 bits per heavy atom. The molecule has 0 atom stereocenters. The highest BCUT2D eigenvalue weighted by Crippen LogP contribution is 1.87. The maximum Gasteiger partial charge on any atom is 0.379 e. The molecular formula is CHF3. The minimum absolute atomic E-state index is 4.75. The maximum absolute atomic E-state index is 10.0. The first-order valence-corrected chi connectivity index (χ1v) is 0.567. The molecule has 0 amide bonds. The molecular weight excluding hydrogens is 69.0 g/mol. The molecule has 0 aliphatic heterocycles. The van der Waals surface area contributed by atoms with Crippen molar-refractivity contribution in [2.75, 3.05) is 0 Å². The second-order valence-electron chi connectivity index (χ2n) is 0.214. The van der Waals surface area contributed by atoms with Crippen molar-refractivity contribution < 1.29 is 14.5 Å². The van der Waals surface area contributed by atoms with Gasteiger partial charge in [0.05, 0.1) is 0 Å². The van der Waals surface area contributed by atoms with Gasteiger partial charge in [0.1, 0.15) is 1.37 Å². The summed E-state index contributed by atoms with van der Waals surface area (Å²) < 4.78 is 35.0. The molecule has 4 heavy (non-hydrogen) atoms. The molecule has 26 valence electrons. The number of rotatable bonds is 0. The summed E-state index contributed by atoms with van der Waals surface area (Å²) in [6.45, 7) is -4.75.